The molecule has 2 aromatic carbocycles. The predicted molar refractivity (Wildman–Crippen MR) is 103 cm³/mol. The van der Waals surface area contributed by atoms with Gasteiger partial charge in [-0.3, -0.25) is 14.8 Å². The standard InChI is InChI=1S/C21H16FN5O2/c22-21(20-25-18(26-29-20)14-4-2-1-3-5-14)8-11-27(13-21)19(28)15-6-7-16-17(12-15)24-10-9-23-16/h1-7,9-10,12H,8,11,13H2. The molecule has 0 spiro atoms. The first kappa shape index (κ1) is 17.4. The number of benzene rings is 2. The van der Waals surface area contributed by atoms with E-state index in [1.165, 1.54) is 4.90 Å². The van der Waals surface area contributed by atoms with E-state index >= 15 is 4.39 Å². The molecule has 0 radical (unpaired) electrons. The lowest BCUT2D eigenvalue weighted by Gasteiger charge is -2.18. The van der Waals surface area contributed by atoms with Crippen LogP contribution in [0.1, 0.15) is 22.7 Å². The summed E-state index contributed by atoms with van der Waals surface area (Å²) in [5.74, 6) is -0.0357. The summed E-state index contributed by atoms with van der Waals surface area (Å²) in [6, 6.07) is 14.3. The summed E-state index contributed by atoms with van der Waals surface area (Å²) >= 11 is 0. The van der Waals surface area contributed by atoms with Crippen LogP contribution in [0.5, 0.6) is 0 Å². The van der Waals surface area contributed by atoms with E-state index in [-0.39, 0.29) is 31.3 Å². The summed E-state index contributed by atoms with van der Waals surface area (Å²) in [7, 11) is 0. The lowest BCUT2D eigenvalue weighted by atomic mass is 10.1. The minimum atomic E-state index is -1.87. The van der Waals surface area contributed by atoms with Gasteiger partial charge in [-0.25, -0.2) is 4.39 Å². The van der Waals surface area contributed by atoms with Crippen molar-refractivity contribution < 1.29 is 13.7 Å². The van der Waals surface area contributed by atoms with E-state index in [4.69, 9.17) is 4.52 Å². The number of carbonyl (C=O) groups excluding carboxylic acids is 1. The fraction of sp³-hybridized carbons (Fsp3) is 0.190. The predicted octanol–water partition coefficient (Wildman–Crippen LogP) is 3.39. The molecule has 29 heavy (non-hydrogen) atoms. The molecule has 2 aromatic heterocycles. The number of carbonyl (C=O) groups is 1. The van der Waals surface area contributed by atoms with Gasteiger partial charge in [-0.2, -0.15) is 4.98 Å². The Hall–Kier alpha value is -3.68. The molecular formula is C21H16FN5O2. The second-order valence-corrected chi connectivity index (χ2v) is 6.99. The van der Waals surface area contributed by atoms with Crippen LogP contribution in [0.2, 0.25) is 0 Å². The average Bonchev–Trinajstić information content (AvgIpc) is 3.42. The number of nitrogens with zero attached hydrogens (tertiary/aromatic N) is 5. The number of alkyl halides is 1. The Labute approximate surface area is 165 Å². The highest BCUT2D eigenvalue weighted by Crippen LogP contribution is 2.36. The topological polar surface area (TPSA) is 85.0 Å². The Morgan fingerprint density at radius 1 is 1.07 bits per heavy atom. The molecule has 1 saturated heterocycles. The molecule has 1 atom stereocenters. The number of rotatable bonds is 3. The van der Waals surface area contributed by atoms with E-state index in [1.807, 2.05) is 30.3 Å². The Morgan fingerprint density at radius 2 is 1.86 bits per heavy atom. The van der Waals surface area contributed by atoms with Crippen LogP contribution >= 0.6 is 0 Å². The SMILES string of the molecule is O=C(c1ccc2nccnc2c1)N1CCC(F)(c2nc(-c3ccccc3)no2)C1. The molecule has 0 bridgehead atoms. The maximum Gasteiger partial charge on any atom is 0.266 e. The highest BCUT2D eigenvalue weighted by Gasteiger charge is 2.46. The highest BCUT2D eigenvalue weighted by atomic mass is 19.1. The Bertz CT molecular complexity index is 1200. The first-order valence-corrected chi connectivity index (χ1v) is 9.21. The van der Waals surface area contributed by atoms with Gasteiger partial charge in [0.1, 0.15) is 0 Å². The van der Waals surface area contributed by atoms with E-state index in [2.05, 4.69) is 20.1 Å². The van der Waals surface area contributed by atoms with Gasteiger partial charge in [0.05, 0.1) is 17.6 Å². The van der Waals surface area contributed by atoms with Gasteiger partial charge in [0.15, 0.2) is 0 Å². The second kappa shape index (κ2) is 6.73. The van der Waals surface area contributed by atoms with Crippen molar-refractivity contribution in [3.63, 3.8) is 0 Å². The summed E-state index contributed by atoms with van der Waals surface area (Å²) in [5.41, 5.74) is 0.636. The zero-order valence-corrected chi connectivity index (χ0v) is 15.3. The largest absolute Gasteiger partial charge is 0.335 e. The van der Waals surface area contributed by atoms with Crippen LogP contribution in [0.25, 0.3) is 22.4 Å². The summed E-state index contributed by atoms with van der Waals surface area (Å²) < 4.78 is 20.7. The number of amides is 1. The number of fused-ring (bicyclic) bond motifs is 1. The van der Waals surface area contributed by atoms with Gasteiger partial charge in [0.25, 0.3) is 11.8 Å². The molecule has 4 aromatic rings. The van der Waals surface area contributed by atoms with Gasteiger partial charge >= 0.3 is 0 Å². The third-order valence-electron chi connectivity index (χ3n) is 5.06. The van der Waals surface area contributed by atoms with E-state index in [0.29, 0.717) is 22.4 Å². The van der Waals surface area contributed by atoms with Crippen LogP contribution in [0.15, 0.2) is 65.4 Å². The van der Waals surface area contributed by atoms with E-state index < -0.39 is 5.67 Å². The smallest absolute Gasteiger partial charge is 0.266 e. The number of hydrogen-bond donors (Lipinski definition) is 0. The average molecular weight is 389 g/mol. The van der Waals surface area contributed by atoms with Gasteiger partial charge < -0.3 is 9.42 Å². The van der Waals surface area contributed by atoms with E-state index in [1.54, 1.807) is 30.6 Å². The molecule has 1 aliphatic rings. The molecular weight excluding hydrogens is 373 g/mol. The van der Waals surface area contributed by atoms with Gasteiger partial charge in [-0.1, -0.05) is 35.5 Å². The Balaban J connectivity index is 1.37. The van der Waals surface area contributed by atoms with Crippen LogP contribution in [0.3, 0.4) is 0 Å². The van der Waals surface area contributed by atoms with Crippen LogP contribution in [-0.2, 0) is 5.67 Å². The maximum absolute atomic E-state index is 15.5. The third-order valence-corrected chi connectivity index (χ3v) is 5.06. The van der Waals surface area contributed by atoms with E-state index in [0.717, 1.165) is 5.56 Å². The van der Waals surface area contributed by atoms with Crippen molar-refractivity contribution in [2.24, 2.45) is 0 Å². The molecule has 1 amide bonds. The molecule has 8 heteroatoms. The fourth-order valence-corrected chi connectivity index (χ4v) is 3.51. The number of aromatic nitrogens is 4. The van der Waals surface area contributed by atoms with Crippen molar-refractivity contribution >= 4 is 16.9 Å². The minimum Gasteiger partial charge on any atom is -0.335 e. The first-order chi connectivity index (χ1) is 14.1. The first-order valence-electron chi connectivity index (χ1n) is 9.21. The molecule has 5 rings (SSSR count). The second-order valence-electron chi connectivity index (χ2n) is 6.99. The summed E-state index contributed by atoms with van der Waals surface area (Å²) in [5, 5.41) is 3.89. The van der Waals surface area contributed by atoms with E-state index in [9.17, 15) is 4.79 Å². The fourth-order valence-electron chi connectivity index (χ4n) is 3.51. The van der Waals surface area contributed by atoms with Gasteiger partial charge in [0, 0.05) is 36.5 Å². The summed E-state index contributed by atoms with van der Waals surface area (Å²) in [6.45, 7) is 0.123. The summed E-state index contributed by atoms with van der Waals surface area (Å²) in [4.78, 5) is 27.0. The highest BCUT2D eigenvalue weighted by molar-refractivity contribution is 5.97. The van der Waals surface area contributed by atoms with Crippen LogP contribution in [0, 0.1) is 0 Å². The number of halogens is 1. The molecule has 0 saturated carbocycles. The zero-order chi connectivity index (χ0) is 19.8. The van der Waals surface area contributed by atoms with Crippen molar-refractivity contribution in [3.05, 3.63) is 72.4 Å². The lowest BCUT2D eigenvalue weighted by Crippen LogP contribution is -2.32. The number of hydrogen-bond acceptors (Lipinski definition) is 6. The quantitative estimate of drug-likeness (QED) is 0.534. The van der Waals surface area contributed by atoms with Gasteiger partial charge in [0.2, 0.25) is 11.5 Å². The Morgan fingerprint density at radius 3 is 2.69 bits per heavy atom. The number of likely N-dealkylation sites (tertiary alicyclic amines) is 1. The van der Waals surface area contributed by atoms with Crippen molar-refractivity contribution in [2.45, 2.75) is 12.1 Å². The monoisotopic (exact) mass is 389 g/mol. The molecule has 1 aliphatic heterocycles. The van der Waals surface area contributed by atoms with Crippen molar-refractivity contribution in [1.29, 1.82) is 0 Å². The van der Waals surface area contributed by atoms with Crippen molar-refractivity contribution in [2.75, 3.05) is 13.1 Å². The van der Waals surface area contributed by atoms with Crippen LogP contribution in [0.4, 0.5) is 4.39 Å². The van der Waals surface area contributed by atoms with Gasteiger partial charge in [-0.05, 0) is 18.2 Å². The van der Waals surface area contributed by atoms with Crippen molar-refractivity contribution in [3.8, 4) is 11.4 Å². The molecule has 1 unspecified atom stereocenters. The minimum absolute atomic E-state index is 0.0998. The van der Waals surface area contributed by atoms with Crippen LogP contribution < -0.4 is 0 Å². The van der Waals surface area contributed by atoms with Gasteiger partial charge in [-0.15, -0.1) is 0 Å². The lowest BCUT2D eigenvalue weighted by molar-refractivity contribution is 0.0717. The molecule has 7 nitrogen and oxygen atoms in total. The summed E-state index contributed by atoms with van der Waals surface area (Å²) in [6.07, 6.45) is 3.26. The molecule has 144 valence electrons. The van der Waals surface area contributed by atoms with Crippen molar-refractivity contribution in [1.82, 2.24) is 25.0 Å². The maximum atomic E-state index is 15.5. The molecule has 1 fully saturated rings. The van der Waals surface area contributed by atoms with Crippen LogP contribution in [-0.4, -0.2) is 44.0 Å². The Kier molecular flexibility index (Phi) is 4.04. The normalized spacial score (nSPS) is 19.0. The molecule has 3 heterocycles. The molecule has 0 aliphatic carbocycles. The third kappa shape index (κ3) is 3.12. The zero-order valence-electron chi connectivity index (χ0n) is 15.3. The molecule has 0 N–H and O–H groups in total.